The van der Waals surface area contributed by atoms with Gasteiger partial charge in [0, 0.05) is 37.8 Å². The first-order chi connectivity index (χ1) is 15.0. The minimum absolute atomic E-state index is 0.0165. The van der Waals surface area contributed by atoms with Gasteiger partial charge >= 0.3 is 6.09 Å². The molecule has 1 fully saturated rings. The van der Waals surface area contributed by atoms with E-state index in [9.17, 15) is 14.9 Å². The summed E-state index contributed by atoms with van der Waals surface area (Å²) in [4.78, 5) is 26.5. The Labute approximate surface area is 178 Å². The van der Waals surface area contributed by atoms with Crippen molar-refractivity contribution in [1.29, 1.82) is 5.26 Å². The first-order valence-electron chi connectivity index (χ1n) is 9.92. The van der Waals surface area contributed by atoms with Crippen LogP contribution in [0, 0.1) is 11.3 Å². The third-order valence-electron chi connectivity index (χ3n) is 5.38. The van der Waals surface area contributed by atoms with Crippen LogP contribution in [0.15, 0.2) is 24.4 Å². The zero-order valence-corrected chi connectivity index (χ0v) is 16.9. The number of benzene rings is 1. The number of hydrogen-bond donors (Lipinski definition) is 2. The number of allylic oxidation sites excluding steroid dienone is 1. The molecule has 1 saturated heterocycles. The number of carbonyl (C=O) groups is 2. The first-order valence-corrected chi connectivity index (χ1v) is 9.92. The second-order valence-electron chi connectivity index (χ2n) is 7.33. The van der Waals surface area contributed by atoms with Crippen molar-refractivity contribution in [3.8, 4) is 11.8 Å². The molecule has 0 unspecified atom stereocenters. The molecule has 0 atom stereocenters. The number of likely N-dealkylation sites (tertiary alicyclic amines) is 1. The minimum Gasteiger partial charge on any atom is -0.486 e. The number of Topliss-reactive ketones (excluding diaryl/α,β-unsaturated/α-hetero) is 1. The lowest BCUT2D eigenvalue weighted by Gasteiger charge is -2.43. The molecule has 1 aromatic heterocycles. The maximum absolute atomic E-state index is 12.9. The van der Waals surface area contributed by atoms with Gasteiger partial charge in [-0.25, -0.2) is 4.79 Å². The number of anilines is 1. The van der Waals surface area contributed by atoms with Gasteiger partial charge in [-0.3, -0.25) is 4.79 Å². The van der Waals surface area contributed by atoms with Gasteiger partial charge in [0.2, 0.25) is 5.82 Å². The number of fused-ring (bicyclic) bond motifs is 1. The van der Waals surface area contributed by atoms with Crippen LogP contribution in [0.1, 0.15) is 42.4 Å². The lowest BCUT2D eigenvalue weighted by molar-refractivity contribution is -0.00857. The number of rotatable bonds is 4. The number of aromatic amines is 1. The predicted octanol–water partition coefficient (Wildman–Crippen LogP) is 2.13. The summed E-state index contributed by atoms with van der Waals surface area (Å²) >= 11 is 0. The van der Waals surface area contributed by atoms with E-state index in [0.29, 0.717) is 49.5 Å². The number of aromatic nitrogens is 4. The molecule has 31 heavy (non-hydrogen) atoms. The summed E-state index contributed by atoms with van der Waals surface area (Å²) in [6, 6.07) is 7.19. The Hall–Kier alpha value is -3.94. The standard InChI is InChI=1S/C20H21N7O4/c1-2-30-19(29)27-7-5-20(6-8-27)10-16(28)15-9-14(3-4-17(15)31-20)22-12-13(11-21)18-23-25-26-24-18/h3-4,9,12,22H,2,5-8,10H2,1H3,(H,23,24,25,26). The Bertz CT molecular complexity index is 1050. The minimum atomic E-state index is -0.603. The molecule has 0 radical (unpaired) electrons. The Kier molecular flexibility index (Phi) is 5.53. The molecule has 0 aliphatic carbocycles. The van der Waals surface area contributed by atoms with E-state index >= 15 is 0 Å². The molecule has 2 N–H and O–H groups in total. The van der Waals surface area contributed by atoms with Crippen LogP contribution in [0.3, 0.4) is 0 Å². The lowest BCUT2D eigenvalue weighted by Crippen LogP contribution is -2.52. The van der Waals surface area contributed by atoms with Crippen molar-refractivity contribution < 1.29 is 19.1 Å². The number of tetrazole rings is 1. The molecule has 1 amide bonds. The summed E-state index contributed by atoms with van der Waals surface area (Å²) in [7, 11) is 0. The highest BCUT2D eigenvalue weighted by atomic mass is 16.6. The molecule has 2 aliphatic rings. The summed E-state index contributed by atoms with van der Waals surface area (Å²) in [6.45, 7) is 3.08. The van der Waals surface area contributed by atoms with Crippen molar-refractivity contribution in [2.75, 3.05) is 25.0 Å². The molecule has 3 heterocycles. The molecule has 1 aromatic carbocycles. The lowest BCUT2D eigenvalue weighted by atomic mass is 9.82. The normalized spacial score (nSPS) is 17.5. The fraction of sp³-hybridized carbons (Fsp3) is 0.400. The van der Waals surface area contributed by atoms with E-state index in [-0.39, 0.29) is 29.7 Å². The number of amides is 1. The number of piperidine rings is 1. The van der Waals surface area contributed by atoms with Crippen LogP contribution in [0.25, 0.3) is 5.57 Å². The Morgan fingerprint density at radius 2 is 2.26 bits per heavy atom. The van der Waals surface area contributed by atoms with Crippen molar-refractivity contribution >= 4 is 23.1 Å². The number of nitrogens with zero attached hydrogens (tertiary/aromatic N) is 5. The van der Waals surface area contributed by atoms with E-state index in [0.717, 1.165) is 0 Å². The Morgan fingerprint density at radius 3 is 2.94 bits per heavy atom. The van der Waals surface area contributed by atoms with Crippen molar-refractivity contribution in [2.24, 2.45) is 0 Å². The van der Waals surface area contributed by atoms with Gasteiger partial charge in [-0.1, -0.05) is 0 Å². The number of nitriles is 1. The van der Waals surface area contributed by atoms with E-state index in [1.54, 1.807) is 30.0 Å². The summed E-state index contributed by atoms with van der Waals surface area (Å²) in [6.07, 6.45) is 2.50. The summed E-state index contributed by atoms with van der Waals surface area (Å²) < 4.78 is 11.3. The van der Waals surface area contributed by atoms with Gasteiger partial charge < -0.3 is 19.7 Å². The van der Waals surface area contributed by atoms with E-state index < -0.39 is 5.60 Å². The average molecular weight is 423 g/mol. The fourth-order valence-corrected chi connectivity index (χ4v) is 3.75. The second-order valence-corrected chi connectivity index (χ2v) is 7.33. The molecule has 0 saturated carbocycles. The fourth-order valence-electron chi connectivity index (χ4n) is 3.75. The number of ketones is 1. The van der Waals surface area contributed by atoms with Crippen LogP contribution >= 0.6 is 0 Å². The molecule has 1 spiro atoms. The van der Waals surface area contributed by atoms with Gasteiger partial charge in [0.1, 0.15) is 23.0 Å². The monoisotopic (exact) mass is 423 g/mol. The van der Waals surface area contributed by atoms with Gasteiger partial charge in [0.25, 0.3) is 0 Å². The van der Waals surface area contributed by atoms with Crippen molar-refractivity contribution in [3.63, 3.8) is 0 Å². The van der Waals surface area contributed by atoms with E-state index in [4.69, 9.17) is 9.47 Å². The van der Waals surface area contributed by atoms with Crippen LogP contribution in [0.4, 0.5) is 10.5 Å². The maximum atomic E-state index is 12.9. The Morgan fingerprint density at radius 1 is 1.45 bits per heavy atom. The average Bonchev–Trinajstić information content (AvgIpc) is 3.30. The number of hydrogen-bond acceptors (Lipinski definition) is 9. The zero-order chi connectivity index (χ0) is 21.8. The van der Waals surface area contributed by atoms with Crippen LogP contribution in [-0.2, 0) is 4.74 Å². The number of nitrogens with one attached hydrogen (secondary N) is 2. The molecule has 2 aromatic rings. The molecule has 2 aliphatic heterocycles. The summed E-state index contributed by atoms with van der Waals surface area (Å²) in [5, 5.41) is 25.5. The summed E-state index contributed by atoms with van der Waals surface area (Å²) in [5.74, 6) is 0.676. The number of ether oxygens (including phenoxy) is 2. The topological polar surface area (TPSA) is 146 Å². The zero-order valence-electron chi connectivity index (χ0n) is 16.9. The van der Waals surface area contributed by atoms with Crippen LogP contribution in [0.5, 0.6) is 5.75 Å². The van der Waals surface area contributed by atoms with Crippen LogP contribution < -0.4 is 10.1 Å². The van der Waals surface area contributed by atoms with Crippen LogP contribution in [-0.4, -0.2) is 62.7 Å². The van der Waals surface area contributed by atoms with Gasteiger partial charge in [-0.2, -0.15) is 10.5 Å². The van der Waals surface area contributed by atoms with Gasteiger partial charge in [-0.05, 0) is 30.3 Å². The highest BCUT2D eigenvalue weighted by molar-refractivity contribution is 6.01. The van der Waals surface area contributed by atoms with Crippen LogP contribution in [0.2, 0.25) is 0 Å². The molecular weight excluding hydrogens is 402 g/mol. The predicted molar refractivity (Wildman–Crippen MR) is 108 cm³/mol. The molecule has 160 valence electrons. The smallest absolute Gasteiger partial charge is 0.409 e. The highest BCUT2D eigenvalue weighted by Crippen LogP contribution is 2.40. The molecule has 0 bridgehead atoms. The van der Waals surface area contributed by atoms with Gasteiger partial charge in [-0.15, -0.1) is 10.2 Å². The molecule has 11 nitrogen and oxygen atoms in total. The summed E-state index contributed by atoms with van der Waals surface area (Å²) in [5.41, 5.74) is 0.699. The molecular formula is C20H21N7O4. The van der Waals surface area contributed by atoms with Gasteiger partial charge in [0.05, 0.1) is 18.6 Å². The maximum Gasteiger partial charge on any atom is 0.409 e. The first kappa shape index (κ1) is 20.3. The molecule has 4 rings (SSSR count). The molecule has 11 heteroatoms. The third kappa shape index (κ3) is 4.18. The quantitative estimate of drug-likeness (QED) is 0.706. The SMILES string of the molecule is CCOC(=O)N1CCC2(CC1)CC(=O)c1cc(NC=C(C#N)c3nn[nH]n3)ccc1O2. The van der Waals surface area contributed by atoms with E-state index in [1.165, 1.54) is 6.20 Å². The van der Waals surface area contributed by atoms with E-state index in [1.807, 2.05) is 6.07 Å². The highest BCUT2D eigenvalue weighted by Gasteiger charge is 2.44. The van der Waals surface area contributed by atoms with Gasteiger partial charge in [0.15, 0.2) is 5.78 Å². The van der Waals surface area contributed by atoms with Crippen molar-refractivity contribution in [1.82, 2.24) is 25.5 Å². The second kappa shape index (κ2) is 8.43. The van der Waals surface area contributed by atoms with E-state index in [2.05, 4.69) is 25.9 Å². The van der Waals surface area contributed by atoms with Crippen molar-refractivity contribution in [3.05, 3.63) is 35.8 Å². The third-order valence-corrected chi connectivity index (χ3v) is 5.38. The number of carbonyl (C=O) groups excluding carboxylic acids is 2. The largest absolute Gasteiger partial charge is 0.486 e. The van der Waals surface area contributed by atoms with Crippen molar-refractivity contribution in [2.45, 2.75) is 31.8 Å². The number of H-pyrrole nitrogens is 1. The Balaban J connectivity index is 1.46.